The highest BCUT2D eigenvalue weighted by molar-refractivity contribution is 7.90. The van der Waals surface area contributed by atoms with Crippen molar-refractivity contribution in [3.63, 3.8) is 0 Å². The molecule has 0 aliphatic rings. The summed E-state index contributed by atoms with van der Waals surface area (Å²) in [5.74, 6) is -0.0117. The van der Waals surface area contributed by atoms with Crippen molar-refractivity contribution in [3.8, 4) is 5.75 Å². The SMILES string of the molecule is CC(CN(CCCOc1ccc(CO)c(S(C)(=O)=O)c1)Cc1cccc(C(F)(F)F)c1)c1ccc(F)cc1. The lowest BCUT2D eigenvalue weighted by atomic mass is 10.00. The number of nitrogens with zero attached hydrogens (tertiary/aromatic N) is 1. The van der Waals surface area contributed by atoms with E-state index in [9.17, 15) is 31.1 Å². The third kappa shape index (κ3) is 8.54. The number of aliphatic hydroxyl groups is 1. The van der Waals surface area contributed by atoms with Crippen LogP contribution in [0.2, 0.25) is 0 Å². The van der Waals surface area contributed by atoms with Crippen LogP contribution < -0.4 is 4.74 Å². The Morgan fingerprint density at radius 2 is 1.74 bits per heavy atom. The molecular formula is C28H31F4NO4S. The Hall–Kier alpha value is -2.95. The van der Waals surface area contributed by atoms with Crippen LogP contribution in [0.15, 0.2) is 71.6 Å². The fraction of sp³-hybridized carbons (Fsp3) is 0.357. The van der Waals surface area contributed by atoms with Gasteiger partial charge in [0.1, 0.15) is 11.6 Å². The van der Waals surface area contributed by atoms with Gasteiger partial charge in [0, 0.05) is 25.9 Å². The van der Waals surface area contributed by atoms with Gasteiger partial charge in [0.25, 0.3) is 0 Å². The Morgan fingerprint density at radius 3 is 2.37 bits per heavy atom. The van der Waals surface area contributed by atoms with Crippen molar-refractivity contribution >= 4 is 9.84 Å². The maximum absolute atomic E-state index is 13.4. The normalized spacial score (nSPS) is 13.1. The van der Waals surface area contributed by atoms with Crippen molar-refractivity contribution in [2.45, 2.75) is 43.5 Å². The quantitative estimate of drug-likeness (QED) is 0.226. The minimum Gasteiger partial charge on any atom is -0.494 e. The molecule has 0 amide bonds. The summed E-state index contributed by atoms with van der Waals surface area (Å²) in [5.41, 5.74) is 0.998. The Balaban J connectivity index is 1.70. The number of hydrogen-bond donors (Lipinski definition) is 1. The molecule has 0 bridgehead atoms. The molecule has 3 aromatic carbocycles. The number of sulfone groups is 1. The molecule has 0 aliphatic carbocycles. The molecule has 38 heavy (non-hydrogen) atoms. The standard InChI is InChI=1S/C28H31F4NO4S/c1-20(22-7-10-25(29)11-8-22)17-33(18-21-5-3-6-24(15-21)28(30,31)32)13-4-14-37-26-12-9-23(19-34)27(16-26)38(2,35)36/h3,5-12,15-16,20,34H,4,13-14,17-19H2,1-2H3. The maximum Gasteiger partial charge on any atom is 0.416 e. The molecule has 1 atom stereocenters. The minimum atomic E-state index is -4.44. The summed E-state index contributed by atoms with van der Waals surface area (Å²) in [5, 5.41) is 9.41. The number of hydrogen-bond acceptors (Lipinski definition) is 5. The molecule has 10 heteroatoms. The topological polar surface area (TPSA) is 66.8 Å². The summed E-state index contributed by atoms with van der Waals surface area (Å²) < 4.78 is 82.8. The van der Waals surface area contributed by atoms with Gasteiger partial charge in [-0.05, 0) is 59.4 Å². The average Bonchev–Trinajstić information content (AvgIpc) is 2.86. The molecule has 1 unspecified atom stereocenters. The Labute approximate surface area is 220 Å². The van der Waals surface area contributed by atoms with Crippen LogP contribution in [0.1, 0.15) is 41.5 Å². The molecule has 0 spiro atoms. The molecule has 0 fully saturated rings. The summed E-state index contributed by atoms with van der Waals surface area (Å²) in [4.78, 5) is 2.01. The number of halogens is 4. The van der Waals surface area contributed by atoms with Gasteiger partial charge in [-0.2, -0.15) is 13.2 Å². The molecule has 5 nitrogen and oxygen atoms in total. The lowest BCUT2D eigenvalue weighted by Gasteiger charge is -2.26. The second-order valence-electron chi connectivity index (χ2n) is 9.29. The third-order valence-corrected chi connectivity index (χ3v) is 7.31. The summed E-state index contributed by atoms with van der Waals surface area (Å²) in [6, 6.07) is 15.8. The minimum absolute atomic E-state index is 0.00297. The maximum atomic E-state index is 13.4. The molecule has 3 rings (SSSR count). The summed E-state index contributed by atoms with van der Waals surface area (Å²) in [6.07, 6.45) is -2.86. The molecule has 0 radical (unpaired) electrons. The van der Waals surface area contributed by atoms with Crippen molar-refractivity contribution in [1.29, 1.82) is 0 Å². The Morgan fingerprint density at radius 1 is 1.03 bits per heavy atom. The zero-order chi connectivity index (χ0) is 27.9. The first-order chi connectivity index (χ1) is 17.9. The third-order valence-electron chi connectivity index (χ3n) is 6.13. The van der Waals surface area contributed by atoms with E-state index >= 15 is 0 Å². The lowest BCUT2D eigenvalue weighted by molar-refractivity contribution is -0.137. The smallest absolute Gasteiger partial charge is 0.416 e. The highest BCUT2D eigenvalue weighted by atomic mass is 32.2. The first-order valence-electron chi connectivity index (χ1n) is 12.1. The molecule has 3 aromatic rings. The van der Waals surface area contributed by atoms with Gasteiger partial charge in [0.2, 0.25) is 0 Å². The van der Waals surface area contributed by atoms with Crippen LogP contribution in [0.3, 0.4) is 0 Å². The van der Waals surface area contributed by atoms with Crippen molar-refractivity contribution in [2.75, 3.05) is 26.0 Å². The molecular weight excluding hydrogens is 522 g/mol. The van der Waals surface area contributed by atoms with E-state index < -0.39 is 28.2 Å². The van der Waals surface area contributed by atoms with Gasteiger partial charge in [-0.25, -0.2) is 12.8 Å². The molecule has 0 aromatic heterocycles. The zero-order valence-electron chi connectivity index (χ0n) is 21.2. The zero-order valence-corrected chi connectivity index (χ0v) is 22.0. The highest BCUT2D eigenvalue weighted by Gasteiger charge is 2.30. The first kappa shape index (κ1) is 29.6. The van der Waals surface area contributed by atoms with E-state index in [1.54, 1.807) is 24.3 Å². The van der Waals surface area contributed by atoms with Gasteiger partial charge in [0.05, 0.1) is 23.7 Å². The molecule has 0 saturated carbocycles. The molecule has 206 valence electrons. The molecule has 0 aliphatic heterocycles. The Kier molecular flexibility index (Phi) is 9.92. The van der Waals surface area contributed by atoms with Crippen molar-refractivity contribution in [2.24, 2.45) is 0 Å². The van der Waals surface area contributed by atoms with Gasteiger partial charge < -0.3 is 9.84 Å². The van der Waals surface area contributed by atoms with Crippen molar-refractivity contribution in [1.82, 2.24) is 4.90 Å². The number of rotatable bonds is 12. The van der Waals surface area contributed by atoms with Crippen molar-refractivity contribution in [3.05, 3.63) is 94.8 Å². The van der Waals surface area contributed by atoms with E-state index in [0.717, 1.165) is 24.0 Å². The molecule has 1 N–H and O–H groups in total. The van der Waals surface area contributed by atoms with Gasteiger partial charge in [0.15, 0.2) is 9.84 Å². The van der Waals surface area contributed by atoms with Gasteiger partial charge >= 0.3 is 6.18 Å². The number of aliphatic hydroxyl groups excluding tert-OH is 1. The predicted molar refractivity (Wildman–Crippen MR) is 137 cm³/mol. The second-order valence-corrected chi connectivity index (χ2v) is 11.3. The van der Waals surface area contributed by atoms with E-state index in [-0.39, 0.29) is 35.3 Å². The van der Waals surface area contributed by atoms with Gasteiger partial charge in [-0.1, -0.05) is 43.3 Å². The second kappa shape index (κ2) is 12.7. The fourth-order valence-electron chi connectivity index (χ4n) is 4.20. The first-order valence-corrected chi connectivity index (χ1v) is 14.0. The average molecular weight is 554 g/mol. The van der Waals surface area contributed by atoms with E-state index in [0.29, 0.717) is 30.8 Å². The number of ether oxygens (including phenoxy) is 1. The number of alkyl halides is 3. The largest absolute Gasteiger partial charge is 0.494 e. The van der Waals surface area contributed by atoms with Crippen LogP contribution in [0.4, 0.5) is 17.6 Å². The molecule has 0 saturated heterocycles. The summed E-state index contributed by atoms with van der Waals surface area (Å²) >= 11 is 0. The van der Waals surface area contributed by atoms with Crippen LogP contribution >= 0.6 is 0 Å². The van der Waals surface area contributed by atoms with E-state index in [1.165, 1.54) is 30.3 Å². The van der Waals surface area contributed by atoms with E-state index in [2.05, 4.69) is 0 Å². The van der Waals surface area contributed by atoms with Crippen LogP contribution in [-0.2, 0) is 29.2 Å². The van der Waals surface area contributed by atoms with Crippen LogP contribution in [0.5, 0.6) is 5.75 Å². The highest BCUT2D eigenvalue weighted by Crippen LogP contribution is 2.30. The van der Waals surface area contributed by atoms with Crippen LogP contribution in [0, 0.1) is 5.82 Å². The summed E-state index contributed by atoms with van der Waals surface area (Å²) in [6.45, 7) is 3.09. The fourth-order valence-corrected chi connectivity index (χ4v) is 5.14. The predicted octanol–water partition coefficient (Wildman–Crippen LogP) is 5.82. The number of benzene rings is 3. The monoisotopic (exact) mass is 553 g/mol. The lowest BCUT2D eigenvalue weighted by Crippen LogP contribution is -2.29. The van der Waals surface area contributed by atoms with E-state index in [4.69, 9.17) is 4.74 Å². The molecule has 0 heterocycles. The van der Waals surface area contributed by atoms with Gasteiger partial charge in [-0.3, -0.25) is 4.90 Å². The van der Waals surface area contributed by atoms with Crippen LogP contribution in [0.25, 0.3) is 0 Å². The Bertz CT molecular complexity index is 1310. The van der Waals surface area contributed by atoms with E-state index in [1.807, 2.05) is 11.8 Å². The van der Waals surface area contributed by atoms with Crippen LogP contribution in [-0.4, -0.2) is 44.4 Å². The van der Waals surface area contributed by atoms with Gasteiger partial charge in [-0.15, -0.1) is 0 Å². The van der Waals surface area contributed by atoms with Crippen molar-refractivity contribution < 1.29 is 35.8 Å². The summed E-state index contributed by atoms with van der Waals surface area (Å²) in [7, 11) is -3.56.